The van der Waals surface area contributed by atoms with Crippen LogP contribution in [-0.4, -0.2) is 29.5 Å². The van der Waals surface area contributed by atoms with Gasteiger partial charge in [-0.2, -0.15) is 5.10 Å². The number of nitrogens with one attached hydrogen (secondary N) is 1. The van der Waals surface area contributed by atoms with Crippen LogP contribution in [0.25, 0.3) is 0 Å². The first kappa shape index (κ1) is 11.7. The Morgan fingerprint density at radius 2 is 2.33 bits per heavy atom. The van der Waals surface area contributed by atoms with E-state index in [1.165, 1.54) is 4.68 Å². The highest BCUT2D eigenvalue weighted by Crippen LogP contribution is 2.01. The van der Waals surface area contributed by atoms with E-state index in [1.807, 2.05) is 13.8 Å². The minimum atomic E-state index is -0.113. The summed E-state index contributed by atoms with van der Waals surface area (Å²) in [6.45, 7) is 4.99. The fraction of sp³-hybridized carbons (Fsp3) is 0.600. The zero-order valence-electron chi connectivity index (χ0n) is 9.36. The summed E-state index contributed by atoms with van der Waals surface area (Å²) in [6, 6.07) is 1.84. The second-order valence-electron chi connectivity index (χ2n) is 3.60. The van der Waals surface area contributed by atoms with Crippen LogP contribution in [0.15, 0.2) is 17.1 Å². The molecule has 0 spiro atoms. The van der Waals surface area contributed by atoms with Gasteiger partial charge in [-0.3, -0.25) is 4.79 Å². The van der Waals surface area contributed by atoms with Gasteiger partial charge in [-0.15, -0.1) is 0 Å². The lowest BCUT2D eigenvalue weighted by molar-refractivity contribution is 0.182. The van der Waals surface area contributed by atoms with E-state index in [4.69, 9.17) is 4.74 Å². The maximum Gasteiger partial charge on any atom is 0.268 e. The number of rotatable bonds is 5. The monoisotopic (exact) mass is 211 g/mol. The zero-order chi connectivity index (χ0) is 11.3. The summed E-state index contributed by atoms with van der Waals surface area (Å²) in [7, 11) is 1.60. The molecule has 1 aromatic heterocycles. The Morgan fingerprint density at radius 1 is 1.60 bits per heavy atom. The molecule has 0 unspecified atom stereocenters. The Labute approximate surface area is 89.1 Å². The van der Waals surface area contributed by atoms with Crippen molar-refractivity contribution in [1.82, 2.24) is 9.78 Å². The van der Waals surface area contributed by atoms with Gasteiger partial charge in [0.25, 0.3) is 5.56 Å². The van der Waals surface area contributed by atoms with Crippen molar-refractivity contribution in [3.8, 4) is 0 Å². The van der Waals surface area contributed by atoms with Gasteiger partial charge >= 0.3 is 0 Å². The van der Waals surface area contributed by atoms with E-state index in [2.05, 4.69) is 10.4 Å². The molecule has 1 N–H and O–H groups in total. The number of nitrogens with zero attached hydrogens (tertiary/aromatic N) is 2. The third kappa shape index (κ3) is 3.71. The van der Waals surface area contributed by atoms with Crippen LogP contribution in [0.2, 0.25) is 0 Å². The summed E-state index contributed by atoms with van der Waals surface area (Å²) in [5.74, 6) is 0. The zero-order valence-corrected chi connectivity index (χ0v) is 9.36. The van der Waals surface area contributed by atoms with E-state index in [1.54, 1.807) is 19.4 Å². The van der Waals surface area contributed by atoms with Gasteiger partial charge in [-0.05, 0) is 13.8 Å². The molecule has 5 nitrogen and oxygen atoms in total. The van der Waals surface area contributed by atoms with Crippen molar-refractivity contribution in [2.24, 2.45) is 0 Å². The number of anilines is 1. The predicted molar refractivity (Wildman–Crippen MR) is 59.1 cm³/mol. The molecule has 0 amide bonds. The molecule has 1 heterocycles. The minimum Gasteiger partial charge on any atom is -0.383 e. The SMILES string of the molecule is COCCn1ncc(NC(C)C)cc1=O. The van der Waals surface area contributed by atoms with Gasteiger partial charge in [0.2, 0.25) is 0 Å². The molecule has 0 radical (unpaired) electrons. The molecule has 0 aromatic carbocycles. The lowest BCUT2D eigenvalue weighted by Crippen LogP contribution is -2.25. The van der Waals surface area contributed by atoms with Crippen LogP contribution in [0.3, 0.4) is 0 Å². The maximum absolute atomic E-state index is 11.5. The first-order chi connectivity index (χ1) is 7.13. The van der Waals surface area contributed by atoms with Gasteiger partial charge in [-0.1, -0.05) is 0 Å². The third-order valence-electron chi connectivity index (χ3n) is 1.83. The average molecular weight is 211 g/mol. The molecule has 0 bridgehead atoms. The summed E-state index contributed by atoms with van der Waals surface area (Å²) in [4.78, 5) is 11.5. The number of aromatic nitrogens is 2. The van der Waals surface area contributed by atoms with Crippen molar-refractivity contribution in [1.29, 1.82) is 0 Å². The molecule has 1 rings (SSSR count). The summed E-state index contributed by atoms with van der Waals surface area (Å²) in [5, 5.41) is 7.15. The van der Waals surface area contributed by atoms with Crippen molar-refractivity contribution in [3.05, 3.63) is 22.6 Å². The van der Waals surface area contributed by atoms with Crippen molar-refractivity contribution in [3.63, 3.8) is 0 Å². The summed E-state index contributed by atoms with van der Waals surface area (Å²) < 4.78 is 6.26. The van der Waals surface area contributed by atoms with Gasteiger partial charge in [-0.25, -0.2) is 4.68 Å². The summed E-state index contributed by atoms with van der Waals surface area (Å²) >= 11 is 0. The first-order valence-corrected chi connectivity index (χ1v) is 4.96. The molecule has 0 aliphatic heterocycles. The second kappa shape index (κ2) is 5.50. The topological polar surface area (TPSA) is 56.1 Å². The van der Waals surface area contributed by atoms with Crippen LogP contribution < -0.4 is 10.9 Å². The van der Waals surface area contributed by atoms with E-state index in [9.17, 15) is 4.79 Å². The molecule has 0 fully saturated rings. The van der Waals surface area contributed by atoms with E-state index in [0.29, 0.717) is 19.2 Å². The molecule has 0 aliphatic carbocycles. The van der Waals surface area contributed by atoms with Crippen LogP contribution in [0.1, 0.15) is 13.8 Å². The van der Waals surface area contributed by atoms with Gasteiger partial charge in [0.1, 0.15) is 0 Å². The van der Waals surface area contributed by atoms with E-state index < -0.39 is 0 Å². The van der Waals surface area contributed by atoms with E-state index in [0.717, 1.165) is 5.69 Å². The van der Waals surface area contributed by atoms with Crippen LogP contribution in [0.5, 0.6) is 0 Å². The normalized spacial score (nSPS) is 10.7. The Kier molecular flexibility index (Phi) is 4.30. The number of ether oxygens (including phenoxy) is 1. The quantitative estimate of drug-likeness (QED) is 0.779. The van der Waals surface area contributed by atoms with Crippen LogP contribution in [0, 0.1) is 0 Å². The molecular weight excluding hydrogens is 194 g/mol. The lowest BCUT2D eigenvalue weighted by Gasteiger charge is -2.10. The predicted octanol–water partition coefficient (Wildman–Crippen LogP) is 0.710. The van der Waals surface area contributed by atoms with Crippen molar-refractivity contribution >= 4 is 5.69 Å². The van der Waals surface area contributed by atoms with Gasteiger partial charge in [0, 0.05) is 19.2 Å². The Hall–Kier alpha value is -1.36. The molecule has 1 aromatic rings. The van der Waals surface area contributed by atoms with Crippen molar-refractivity contribution < 1.29 is 4.74 Å². The van der Waals surface area contributed by atoms with Gasteiger partial charge in [0.05, 0.1) is 25.0 Å². The van der Waals surface area contributed by atoms with Crippen molar-refractivity contribution in [2.75, 3.05) is 19.0 Å². The summed E-state index contributed by atoms with van der Waals surface area (Å²) in [6.07, 6.45) is 1.65. The highest BCUT2D eigenvalue weighted by Gasteiger charge is 2.00. The molecule has 0 saturated heterocycles. The minimum absolute atomic E-state index is 0.113. The smallest absolute Gasteiger partial charge is 0.268 e. The molecule has 0 saturated carbocycles. The van der Waals surface area contributed by atoms with Gasteiger partial charge < -0.3 is 10.1 Å². The Bertz CT molecular complexity index is 360. The Morgan fingerprint density at radius 3 is 2.87 bits per heavy atom. The van der Waals surface area contributed by atoms with Crippen molar-refractivity contribution in [2.45, 2.75) is 26.4 Å². The number of methoxy groups -OCH3 is 1. The van der Waals surface area contributed by atoms with Crippen LogP contribution >= 0.6 is 0 Å². The molecular formula is C10H17N3O2. The molecule has 5 heteroatoms. The third-order valence-corrected chi connectivity index (χ3v) is 1.83. The second-order valence-corrected chi connectivity index (χ2v) is 3.60. The van der Waals surface area contributed by atoms with Crippen LogP contribution in [-0.2, 0) is 11.3 Å². The number of hydrogen-bond acceptors (Lipinski definition) is 4. The highest BCUT2D eigenvalue weighted by molar-refractivity contribution is 5.39. The van der Waals surface area contributed by atoms with Crippen LogP contribution in [0.4, 0.5) is 5.69 Å². The summed E-state index contributed by atoms with van der Waals surface area (Å²) in [5.41, 5.74) is 0.640. The molecule has 84 valence electrons. The van der Waals surface area contributed by atoms with Gasteiger partial charge in [0.15, 0.2) is 0 Å². The standard InChI is InChI=1S/C10H17N3O2/c1-8(2)12-9-6-10(14)13(11-7-9)4-5-15-3/h6-8,12H,4-5H2,1-3H3. The lowest BCUT2D eigenvalue weighted by atomic mass is 10.3. The Balaban J connectivity index is 2.74. The molecule has 0 aliphatic rings. The molecule has 0 atom stereocenters. The average Bonchev–Trinajstić information content (AvgIpc) is 2.15. The maximum atomic E-state index is 11.5. The number of hydrogen-bond donors (Lipinski definition) is 1. The highest BCUT2D eigenvalue weighted by atomic mass is 16.5. The van der Waals surface area contributed by atoms with E-state index >= 15 is 0 Å². The fourth-order valence-corrected chi connectivity index (χ4v) is 1.19. The largest absolute Gasteiger partial charge is 0.383 e. The fourth-order valence-electron chi connectivity index (χ4n) is 1.19. The van der Waals surface area contributed by atoms with E-state index in [-0.39, 0.29) is 5.56 Å². The first-order valence-electron chi connectivity index (χ1n) is 4.96. The molecule has 15 heavy (non-hydrogen) atoms.